The van der Waals surface area contributed by atoms with Crippen LogP contribution in [0.15, 0.2) is 102 Å². The number of imidazole rings is 1. The van der Waals surface area contributed by atoms with Crippen LogP contribution >= 0.6 is 0 Å². The number of H-pyrrole nitrogens is 1. The topological polar surface area (TPSA) is 90.5 Å². The number of benzene rings is 4. The second-order valence-corrected chi connectivity index (χ2v) is 10.5. The van der Waals surface area contributed by atoms with Gasteiger partial charge in [-0.3, -0.25) is 9.59 Å². The van der Waals surface area contributed by atoms with Gasteiger partial charge in [-0.15, -0.1) is 0 Å². The van der Waals surface area contributed by atoms with Gasteiger partial charge in [0.1, 0.15) is 5.82 Å². The van der Waals surface area contributed by atoms with E-state index in [2.05, 4.69) is 20.5 Å². The highest BCUT2D eigenvalue weighted by Gasteiger charge is 2.68. The molecule has 3 aliphatic carbocycles. The minimum Gasteiger partial charge on any atom is -0.323 e. The molecule has 1 aromatic heterocycles. The predicted octanol–water partition coefficient (Wildman–Crippen LogP) is 5.35. The second kappa shape index (κ2) is 8.19. The highest BCUT2D eigenvalue weighted by molar-refractivity contribution is 6.25. The van der Waals surface area contributed by atoms with E-state index in [1.54, 1.807) is 6.21 Å². The molecular weight excluding hydrogens is 505 g/mol. The first-order chi connectivity index (χ1) is 19.6. The van der Waals surface area contributed by atoms with Crippen molar-refractivity contribution in [1.82, 2.24) is 9.97 Å². The molecule has 2 N–H and O–H groups in total. The molecule has 9 rings (SSSR count). The number of nitrogens with zero attached hydrogens (tertiary/aromatic N) is 3. The van der Waals surface area contributed by atoms with Crippen molar-refractivity contribution in [3.05, 3.63) is 125 Å². The van der Waals surface area contributed by atoms with Gasteiger partial charge in [0.15, 0.2) is 0 Å². The number of hydrogen-bond donors (Lipinski definition) is 2. The SMILES string of the molecule is O=C1[C@H]2C3c4ccccc4C(/C=N\Nc4nc5ccccc5[nH]4)(c4ccccc43)[C@H]2C(=O)N1c1ccc(F)cc1. The Morgan fingerprint density at radius 1 is 0.850 bits per heavy atom. The van der Waals surface area contributed by atoms with Crippen molar-refractivity contribution in [1.29, 1.82) is 0 Å². The summed E-state index contributed by atoms with van der Waals surface area (Å²) >= 11 is 0. The summed E-state index contributed by atoms with van der Waals surface area (Å²) in [6, 6.07) is 29.2. The number of para-hydroxylation sites is 2. The Kier molecular flexibility index (Phi) is 4.68. The molecule has 2 heterocycles. The van der Waals surface area contributed by atoms with E-state index in [0.29, 0.717) is 11.6 Å². The van der Waals surface area contributed by atoms with Gasteiger partial charge in [0.25, 0.3) is 0 Å². The molecule has 0 saturated carbocycles. The van der Waals surface area contributed by atoms with Gasteiger partial charge in [-0.05, 0) is 58.7 Å². The van der Waals surface area contributed by atoms with E-state index in [4.69, 9.17) is 0 Å². The van der Waals surface area contributed by atoms with Crippen molar-refractivity contribution in [2.75, 3.05) is 10.3 Å². The molecule has 2 bridgehead atoms. The zero-order valence-corrected chi connectivity index (χ0v) is 21.1. The largest absolute Gasteiger partial charge is 0.323 e. The number of carbonyl (C=O) groups is 2. The second-order valence-electron chi connectivity index (χ2n) is 10.5. The Labute approximate surface area is 228 Å². The lowest BCUT2D eigenvalue weighted by Crippen LogP contribution is -2.54. The Bertz CT molecular complexity index is 1800. The summed E-state index contributed by atoms with van der Waals surface area (Å²) in [5.41, 5.74) is 8.00. The zero-order valence-electron chi connectivity index (χ0n) is 21.1. The van der Waals surface area contributed by atoms with Crippen LogP contribution in [0, 0.1) is 17.7 Å². The highest BCUT2D eigenvalue weighted by Crippen LogP contribution is 2.63. The van der Waals surface area contributed by atoms with Crippen molar-refractivity contribution in [3.8, 4) is 0 Å². The molecule has 0 radical (unpaired) electrons. The summed E-state index contributed by atoms with van der Waals surface area (Å²) in [6.07, 6.45) is 1.77. The van der Waals surface area contributed by atoms with Crippen LogP contribution in [-0.2, 0) is 15.0 Å². The molecule has 2 amide bonds. The Hall–Kier alpha value is -5.11. The van der Waals surface area contributed by atoms with Crippen molar-refractivity contribution >= 4 is 40.7 Å². The van der Waals surface area contributed by atoms with Gasteiger partial charge in [-0.1, -0.05) is 60.7 Å². The van der Waals surface area contributed by atoms with Gasteiger partial charge in [0.05, 0.1) is 34.0 Å². The molecular formula is C32H22FN5O2. The van der Waals surface area contributed by atoms with Crippen molar-refractivity contribution in [3.63, 3.8) is 0 Å². The average Bonchev–Trinajstić information content (AvgIpc) is 3.52. The monoisotopic (exact) mass is 527 g/mol. The Morgan fingerprint density at radius 2 is 1.50 bits per heavy atom. The third kappa shape index (κ3) is 2.93. The number of nitrogens with one attached hydrogen (secondary N) is 2. The van der Waals surface area contributed by atoms with Gasteiger partial charge >= 0.3 is 0 Å². The van der Waals surface area contributed by atoms with Crippen LogP contribution in [0.3, 0.4) is 0 Å². The number of halogens is 1. The van der Waals surface area contributed by atoms with Gasteiger partial charge in [-0.25, -0.2) is 19.7 Å². The fourth-order valence-corrected chi connectivity index (χ4v) is 7.10. The molecule has 1 fully saturated rings. The summed E-state index contributed by atoms with van der Waals surface area (Å²) in [6.45, 7) is 0. The van der Waals surface area contributed by atoms with Gasteiger partial charge in [0.2, 0.25) is 17.8 Å². The van der Waals surface area contributed by atoms with E-state index >= 15 is 0 Å². The maximum atomic E-state index is 14.3. The third-order valence-electron chi connectivity index (χ3n) is 8.60. The van der Waals surface area contributed by atoms with Crippen LogP contribution in [0.2, 0.25) is 0 Å². The maximum absolute atomic E-state index is 14.3. The highest BCUT2D eigenvalue weighted by atomic mass is 19.1. The van der Waals surface area contributed by atoms with Crippen LogP contribution in [0.5, 0.6) is 0 Å². The van der Waals surface area contributed by atoms with Gasteiger partial charge in [-0.2, -0.15) is 5.10 Å². The minimum absolute atomic E-state index is 0.279. The number of rotatable bonds is 4. The molecule has 4 aliphatic rings. The lowest BCUT2D eigenvalue weighted by Gasteiger charge is -2.52. The van der Waals surface area contributed by atoms with E-state index in [0.717, 1.165) is 33.3 Å². The number of carbonyl (C=O) groups excluding carboxylic acids is 2. The smallest absolute Gasteiger partial charge is 0.239 e. The standard InChI is InChI=1S/C32H22FN5O2/c33-18-13-15-19(16-14-18)38-29(39)27-26-20-7-1-3-9-22(20)32(28(27)30(38)40,23-10-4-2-8-21(23)26)17-34-37-31-35-24-11-5-6-12-25(24)36-31/h1-17,26-28H,(H2,35,36,37)/b34-17-/t26?,27-,28+,32?/m0/s1. The number of aromatic amines is 1. The fraction of sp³-hybridized carbons (Fsp3) is 0.125. The first-order valence-electron chi connectivity index (χ1n) is 13.1. The average molecular weight is 528 g/mol. The number of hydrogen-bond acceptors (Lipinski definition) is 5. The van der Waals surface area contributed by atoms with Crippen LogP contribution in [0.1, 0.15) is 28.2 Å². The molecule has 0 unspecified atom stereocenters. The third-order valence-corrected chi connectivity index (χ3v) is 8.60. The van der Waals surface area contributed by atoms with E-state index in [1.807, 2.05) is 72.8 Å². The first-order valence-corrected chi connectivity index (χ1v) is 13.1. The Balaban J connectivity index is 1.32. The summed E-state index contributed by atoms with van der Waals surface area (Å²) < 4.78 is 13.7. The summed E-state index contributed by atoms with van der Waals surface area (Å²) in [4.78, 5) is 37.4. The van der Waals surface area contributed by atoms with Crippen LogP contribution in [-0.4, -0.2) is 28.0 Å². The number of amides is 2. The summed E-state index contributed by atoms with van der Waals surface area (Å²) in [5, 5.41) is 4.65. The lowest BCUT2D eigenvalue weighted by molar-refractivity contribution is -0.122. The molecule has 8 heteroatoms. The van der Waals surface area contributed by atoms with Crippen LogP contribution < -0.4 is 10.3 Å². The minimum atomic E-state index is -1.01. The number of anilines is 2. The fourth-order valence-electron chi connectivity index (χ4n) is 7.10. The summed E-state index contributed by atoms with van der Waals surface area (Å²) in [5.74, 6) is -2.18. The van der Waals surface area contributed by atoms with Gasteiger partial charge < -0.3 is 4.98 Å². The molecule has 194 valence electrons. The first kappa shape index (κ1) is 22.8. The molecule has 0 spiro atoms. The van der Waals surface area contributed by atoms with Crippen molar-refractivity contribution < 1.29 is 14.0 Å². The normalized spacial score (nSPS) is 24.4. The van der Waals surface area contributed by atoms with E-state index in [-0.39, 0.29) is 17.7 Å². The van der Waals surface area contributed by atoms with E-state index in [1.165, 1.54) is 29.2 Å². The number of imide groups is 1. The van der Waals surface area contributed by atoms with E-state index < -0.39 is 23.1 Å². The molecule has 2 atom stereocenters. The van der Waals surface area contributed by atoms with Gasteiger partial charge in [0, 0.05) is 12.1 Å². The van der Waals surface area contributed by atoms with Crippen LogP contribution in [0.25, 0.3) is 11.0 Å². The molecule has 1 aliphatic heterocycles. The Morgan fingerprint density at radius 3 is 2.20 bits per heavy atom. The molecule has 7 nitrogen and oxygen atoms in total. The van der Waals surface area contributed by atoms with Crippen LogP contribution in [0.4, 0.5) is 16.0 Å². The molecule has 1 saturated heterocycles. The quantitative estimate of drug-likeness (QED) is 0.187. The zero-order chi connectivity index (χ0) is 27.0. The summed E-state index contributed by atoms with van der Waals surface area (Å²) in [7, 11) is 0. The molecule has 5 aromatic rings. The predicted molar refractivity (Wildman–Crippen MR) is 150 cm³/mol. The number of hydrazone groups is 1. The van der Waals surface area contributed by atoms with Crippen molar-refractivity contribution in [2.45, 2.75) is 11.3 Å². The molecule has 40 heavy (non-hydrogen) atoms. The lowest BCUT2D eigenvalue weighted by atomic mass is 9.47. The molecule has 4 aromatic carbocycles. The van der Waals surface area contributed by atoms with Crippen molar-refractivity contribution in [2.24, 2.45) is 16.9 Å². The maximum Gasteiger partial charge on any atom is 0.239 e. The number of aromatic nitrogens is 2. The van der Waals surface area contributed by atoms with E-state index in [9.17, 15) is 14.0 Å². The number of fused-ring (bicyclic) bond motifs is 1.